The number of aliphatic hydroxyl groups excluding tert-OH is 1. The van der Waals surface area contributed by atoms with Crippen molar-refractivity contribution < 1.29 is 9.84 Å². The highest BCUT2D eigenvalue weighted by Gasteiger charge is 2.24. The summed E-state index contributed by atoms with van der Waals surface area (Å²) in [6.45, 7) is 9.03. The highest BCUT2D eigenvalue weighted by atomic mass is 16.5. The van der Waals surface area contributed by atoms with E-state index in [4.69, 9.17) is 9.84 Å². The van der Waals surface area contributed by atoms with Gasteiger partial charge in [0.25, 0.3) is 0 Å². The molecule has 0 heterocycles. The predicted molar refractivity (Wildman–Crippen MR) is 67.7 cm³/mol. The molecule has 0 spiro atoms. The molecule has 1 unspecified atom stereocenters. The van der Waals surface area contributed by atoms with Gasteiger partial charge in [-0.1, -0.05) is 13.8 Å². The summed E-state index contributed by atoms with van der Waals surface area (Å²) < 4.78 is 5.09. The fourth-order valence-electron chi connectivity index (χ4n) is 1.89. The van der Waals surface area contributed by atoms with Crippen LogP contribution >= 0.6 is 0 Å². The van der Waals surface area contributed by atoms with Crippen molar-refractivity contribution in [1.82, 2.24) is 10.2 Å². The summed E-state index contributed by atoms with van der Waals surface area (Å²) in [6, 6.07) is 0. The maximum atomic E-state index is 9.04. The van der Waals surface area contributed by atoms with Gasteiger partial charge in [-0.05, 0) is 18.9 Å². The van der Waals surface area contributed by atoms with Crippen molar-refractivity contribution in [3.05, 3.63) is 0 Å². The summed E-state index contributed by atoms with van der Waals surface area (Å²) in [7, 11) is 3.70. The van der Waals surface area contributed by atoms with E-state index in [0.29, 0.717) is 0 Å². The van der Waals surface area contributed by atoms with E-state index in [2.05, 4.69) is 24.1 Å². The van der Waals surface area contributed by atoms with E-state index in [1.807, 2.05) is 7.05 Å². The van der Waals surface area contributed by atoms with Gasteiger partial charge < -0.3 is 15.2 Å². The molecule has 0 saturated carbocycles. The van der Waals surface area contributed by atoms with Gasteiger partial charge in [-0.3, -0.25) is 4.90 Å². The molecule has 0 saturated heterocycles. The lowest BCUT2D eigenvalue weighted by molar-refractivity contribution is 0.0942. The average molecular weight is 232 g/mol. The predicted octanol–water partition coefficient (Wildman–Crippen LogP) is 0.563. The highest BCUT2D eigenvalue weighted by Crippen LogP contribution is 2.21. The number of aliphatic hydroxyl groups is 1. The Morgan fingerprint density at radius 2 is 2.06 bits per heavy atom. The van der Waals surface area contributed by atoms with Crippen LogP contribution in [-0.4, -0.2) is 63.6 Å². The first-order valence-corrected chi connectivity index (χ1v) is 6.08. The molecule has 16 heavy (non-hydrogen) atoms. The van der Waals surface area contributed by atoms with E-state index in [-0.39, 0.29) is 12.0 Å². The first kappa shape index (κ1) is 15.8. The van der Waals surface area contributed by atoms with Gasteiger partial charge in [0.15, 0.2) is 0 Å². The molecule has 0 aromatic rings. The zero-order chi connectivity index (χ0) is 12.4. The van der Waals surface area contributed by atoms with Gasteiger partial charge in [0, 0.05) is 33.3 Å². The second-order valence-corrected chi connectivity index (χ2v) is 4.69. The Morgan fingerprint density at radius 3 is 2.50 bits per heavy atom. The second-order valence-electron chi connectivity index (χ2n) is 4.69. The second kappa shape index (κ2) is 8.93. The van der Waals surface area contributed by atoms with Gasteiger partial charge in [-0.25, -0.2) is 0 Å². The van der Waals surface area contributed by atoms with Gasteiger partial charge in [0.1, 0.15) is 0 Å². The summed E-state index contributed by atoms with van der Waals surface area (Å²) >= 11 is 0. The Morgan fingerprint density at radius 1 is 1.38 bits per heavy atom. The molecule has 2 N–H and O–H groups in total. The first-order valence-electron chi connectivity index (χ1n) is 6.08. The molecule has 0 aliphatic rings. The van der Waals surface area contributed by atoms with Crippen molar-refractivity contribution in [3.63, 3.8) is 0 Å². The van der Waals surface area contributed by atoms with Crippen LogP contribution in [0.1, 0.15) is 20.3 Å². The van der Waals surface area contributed by atoms with Crippen molar-refractivity contribution >= 4 is 0 Å². The van der Waals surface area contributed by atoms with Crippen molar-refractivity contribution in [2.24, 2.45) is 5.41 Å². The zero-order valence-electron chi connectivity index (χ0n) is 11.3. The largest absolute Gasteiger partial charge is 0.395 e. The van der Waals surface area contributed by atoms with Gasteiger partial charge in [-0.2, -0.15) is 0 Å². The molecule has 0 bridgehead atoms. The van der Waals surface area contributed by atoms with E-state index >= 15 is 0 Å². The lowest BCUT2D eigenvalue weighted by Crippen LogP contribution is -2.43. The number of hydrogen-bond acceptors (Lipinski definition) is 4. The number of rotatable bonds is 10. The number of ether oxygens (including phenoxy) is 1. The minimum Gasteiger partial charge on any atom is -0.395 e. The minimum absolute atomic E-state index is 0.211. The Balaban J connectivity index is 4.20. The van der Waals surface area contributed by atoms with Crippen LogP contribution in [0.3, 0.4) is 0 Å². The average Bonchev–Trinajstić information content (AvgIpc) is 2.26. The SMILES string of the molecule is CCC(C)(CNC)CN(CCO)CCOC. The fourth-order valence-corrected chi connectivity index (χ4v) is 1.89. The molecule has 98 valence electrons. The lowest BCUT2D eigenvalue weighted by Gasteiger charge is -2.34. The van der Waals surface area contributed by atoms with E-state index in [1.54, 1.807) is 7.11 Å². The number of nitrogens with one attached hydrogen (secondary N) is 1. The van der Waals surface area contributed by atoms with Crippen molar-refractivity contribution in [3.8, 4) is 0 Å². The molecule has 0 fully saturated rings. The molecule has 0 amide bonds. The molecule has 0 radical (unpaired) electrons. The summed E-state index contributed by atoms with van der Waals surface area (Å²) in [5.74, 6) is 0. The standard InChI is InChI=1S/C12H28N2O2/c1-5-12(2,10-13-3)11-14(6-8-15)7-9-16-4/h13,15H,5-11H2,1-4H3. The molecule has 1 atom stereocenters. The maximum Gasteiger partial charge on any atom is 0.0589 e. The Labute approximate surface area is 100.0 Å². The monoisotopic (exact) mass is 232 g/mol. The van der Waals surface area contributed by atoms with E-state index < -0.39 is 0 Å². The molecular weight excluding hydrogens is 204 g/mol. The third-order valence-electron chi connectivity index (χ3n) is 3.09. The zero-order valence-corrected chi connectivity index (χ0v) is 11.3. The summed E-state index contributed by atoms with van der Waals surface area (Å²) in [5, 5.41) is 12.3. The first-order chi connectivity index (χ1) is 7.61. The third-order valence-corrected chi connectivity index (χ3v) is 3.09. The molecule has 0 aromatic carbocycles. The number of hydrogen-bond donors (Lipinski definition) is 2. The number of methoxy groups -OCH3 is 1. The number of nitrogens with zero attached hydrogens (tertiary/aromatic N) is 1. The molecule has 0 aliphatic carbocycles. The molecular formula is C12H28N2O2. The smallest absolute Gasteiger partial charge is 0.0589 e. The Bertz CT molecular complexity index is 167. The van der Waals surface area contributed by atoms with E-state index in [0.717, 1.165) is 39.2 Å². The van der Waals surface area contributed by atoms with E-state index in [9.17, 15) is 0 Å². The topological polar surface area (TPSA) is 44.7 Å². The Kier molecular flexibility index (Phi) is 8.84. The van der Waals surface area contributed by atoms with Crippen LogP contribution in [0.4, 0.5) is 0 Å². The van der Waals surface area contributed by atoms with Gasteiger partial charge in [0.2, 0.25) is 0 Å². The van der Waals surface area contributed by atoms with Crippen molar-refractivity contribution in [1.29, 1.82) is 0 Å². The summed E-state index contributed by atoms with van der Waals surface area (Å²) in [4.78, 5) is 2.27. The van der Waals surface area contributed by atoms with Crippen LogP contribution in [0, 0.1) is 5.41 Å². The lowest BCUT2D eigenvalue weighted by atomic mass is 9.87. The van der Waals surface area contributed by atoms with Crippen LogP contribution in [0.15, 0.2) is 0 Å². The van der Waals surface area contributed by atoms with Gasteiger partial charge in [0.05, 0.1) is 13.2 Å². The third kappa shape index (κ3) is 6.43. The maximum absolute atomic E-state index is 9.04. The van der Waals surface area contributed by atoms with Crippen LogP contribution in [0.25, 0.3) is 0 Å². The van der Waals surface area contributed by atoms with Crippen molar-refractivity contribution in [2.75, 3.05) is 53.6 Å². The minimum atomic E-state index is 0.211. The molecule has 4 nitrogen and oxygen atoms in total. The van der Waals surface area contributed by atoms with E-state index in [1.165, 1.54) is 0 Å². The normalized spacial score (nSPS) is 15.4. The molecule has 0 aliphatic heterocycles. The van der Waals surface area contributed by atoms with Gasteiger partial charge >= 0.3 is 0 Å². The summed E-state index contributed by atoms with van der Waals surface area (Å²) in [5.41, 5.74) is 0.262. The van der Waals surface area contributed by atoms with Crippen LogP contribution in [0.2, 0.25) is 0 Å². The molecule has 0 rings (SSSR count). The van der Waals surface area contributed by atoms with Crippen molar-refractivity contribution in [2.45, 2.75) is 20.3 Å². The molecule has 0 aromatic heterocycles. The van der Waals surface area contributed by atoms with Crippen LogP contribution in [0.5, 0.6) is 0 Å². The summed E-state index contributed by atoms with van der Waals surface area (Å²) in [6.07, 6.45) is 1.13. The Hall–Kier alpha value is -0.160. The quantitative estimate of drug-likeness (QED) is 0.578. The molecule has 4 heteroatoms. The fraction of sp³-hybridized carbons (Fsp3) is 1.00. The van der Waals surface area contributed by atoms with Gasteiger partial charge in [-0.15, -0.1) is 0 Å². The van der Waals surface area contributed by atoms with Crippen LogP contribution < -0.4 is 5.32 Å². The highest BCUT2D eigenvalue weighted by molar-refractivity contribution is 4.79. The van der Waals surface area contributed by atoms with Crippen LogP contribution in [-0.2, 0) is 4.74 Å².